The SMILES string of the molecule is CC(CC(N)=NO)NC(=O)C1CCOCC1C. The lowest BCUT2D eigenvalue weighted by atomic mass is 9.89. The fourth-order valence-corrected chi connectivity index (χ4v) is 2.03. The number of nitrogens with one attached hydrogen (secondary N) is 1. The normalized spacial score (nSPS) is 27.5. The van der Waals surface area contributed by atoms with Gasteiger partial charge in [-0.15, -0.1) is 0 Å². The van der Waals surface area contributed by atoms with Gasteiger partial charge in [0.15, 0.2) is 0 Å². The Labute approximate surface area is 101 Å². The molecule has 17 heavy (non-hydrogen) atoms. The molecule has 1 rings (SSSR count). The average Bonchev–Trinajstić information content (AvgIpc) is 2.29. The molecule has 0 bridgehead atoms. The molecule has 0 aromatic carbocycles. The van der Waals surface area contributed by atoms with Gasteiger partial charge in [-0.25, -0.2) is 0 Å². The summed E-state index contributed by atoms with van der Waals surface area (Å²) in [6.07, 6.45) is 1.10. The van der Waals surface area contributed by atoms with Crippen LogP contribution in [-0.2, 0) is 9.53 Å². The first-order valence-electron chi connectivity index (χ1n) is 5.89. The number of hydrogen-bond donors (Lipinski definition) is 3. The molecule has 3 atom stereocenters. The average molecular weight is 243 g/mol. The van der Waals surface area contributed by atoms with Crippen molar-refractivity contribution in [2.24, 2.45) is 22.7 Å². The van der Waals surface area contributed by atoms with Gasteiger partial charge >= 0.3 is 0 Å². The Morgan fingerprint density at radius 3 is 3.00 bits per heavy atom. The second-order valence-electron chi connectivity index (χ2n) is 4.65. The molecule has 6 nitrogen and oxygen atoms in total. The molecular weight excluding hydrogens is 222 g/mol. The number of amides is 1. The molecule has 6 heteroatoms. The Bertz CT molecular complexity index is 294. The minimum atomic E-state index is -0.131. The highest BCUT2D eigenvalue weighted by atomic mass is 16.5. The number of carbonyl (C=O) groups excluding carboxylic acids is 1. The third-order valence-corrected chi connectivity index (χ3v) is 3.01. The first kappa shape index (κ1) is 13.8. The minimum Gasteiger partial charge on any atom is -0.409 e. The second kappa shape index (κ2) is 6.44. The van der Waals surface area contributed by atoms with E-state index < -0.39 is 0 Å². The maximum Gasteiger partial charge on any atom is 0.223 e. The van der Waals surface area contributed by atoms with E-state index in [0.717, 1.165) is 6.42 Å². The van der Waals surface area contributed by atoms with Crippen molar-refractivity contribution >= 4 is 11.7 Å². The molecule has 0 aliphatic carbocycles. The summed E-state index contributed by atoms with van der Waals surface area (Å²) in [4.78, 5) is 12.0. The van der Waals surface area contributed by atoms with Gasteiger partial charge in [-0.05, 0) is 19.3 Å². The zero-order chi connectivity index (χ0) is 12.8. The van der Waals surface area contributed by atoms with Gasteiger partial charge in [-0.1, -0.05) is 12.1 Å². The fourth-order valence-electron chi connectivity index (χ4n) is 2.03. The monoisotopic (exact) mass is 243 g/mol. The number of amidine groups is 1. The van der Waals surface area contributed by atoms with Crippen LogP contribution in [0.5, 0.6) is 0 Å². The van der Waals surface area contributed by atoms with Crippen LogP contribution in [0.4, 0.5) is 0 Å². The predicted molar refractivity (Wildman–Crippen MR) is 63.7 cm³/mol. The van der Waals surface area contributed by atoms with Crippen molar-refractivity contribution < 1.29 is 14.7 Å². The molecule has 1 fully saturated rings. The van der Waals surface area contributed by atoms with E-state index in [4.69, 9.17) is 15.7 Å². The highest BCUT2D eigenvalue weighted by Crippen LogP contribution is 2.21. The van der Waals surface area contributed by atoms with Gasteiger partial charge in [0.05, 0.1) is 0 Å². The van der Waals surface area contributed by atoms with Gasteiger partial charge in [-0.3, -0.25) is 4.79 Å². The van der Waals surface area contributed by atoms with Crippen molar-refractivity contribution in [3.05, 3.63) is 0 Å². The van der Waals surface area contributed by atoms with Crippen LogP contribution in [0.1, 0.15) is 26.7 Å². The van der Waals surface area contributed by atoms with Gasteiger partial charge in [0.2, 0.25) is 5.91 Å². The number of rotatable bonds is 4. The molecule has 1 saturated heterocycles. The van der Waals surface area contributed by atoms with E-state index in [2.05, 4.69) is 10.5 Å². The minimum absolute atomic E-state index is 0.00140. The number of ether oxygens (including phenoxy) is 1. The highest BCUT2D eigenvalue weighted by Gasteiger charge is 2.28. The van der Waals surface area contributed by atoms with E-state index in [1.54, 1.807) is 0 Å². The summed E-state index contributed by atoms with van der Waals surface area (Å²) in [6.45, 7) is 5.11. The van der Waals surface area contributed by atoms with Crippen LogP contribution in [0.15, 0.2) is 5.16 Å². The predicted octanol–water partition coefficient (Wildman–Crippen LogP) is 0.300. The molecule has 0 radical (unpaired) electrons. The van der Waals surface area contributed by atoms with Crippen LogP contribution >= 0.6 is 0 Å². The third-order valence-electron chi connectivity index (χ3n) is 3.01. The lowest BCUT2D eigenvalue weighted by Gasteiger charge is -2.28. The van der Waals surface area contributed by atoms with Gasteiger partial charge in [0.1, 0.15) is 5.84 Å². The molecule has 1 aliphatic rings. The maximum atomic E-state index is 12.0. The lowest BCUT2D eigenvalue weighted by Crippen LogP contribution is -2.43. The standard InChI is InChI=1S/C11H21N3O3/c1-7-6-17-4-3-9(7)11(15)13-8(2)5-10(12)14-16/h7-9,16H,3-6H2,1-2H3,(H2,12,14)(H,13,15). The molecule has 1 heterocycles. The number of nitrogens with zero attached hydrogens (tertiary/aromatic N) is 1. The zero-order valence-corrected chi connectivity index (χ0v) is 10.3. The first-order valence-corrected chi connectivity index (χ1v) is 5.89. The van der Waals surface area contributed by atoms with E-state index in [0.29, 0.717) is 19.6 Å². The summed E-state index contributed by atoms with van der Waals surface area (Å²) in [6, 6.07) is -0.131. The van der Waals surface area contributed by atoms with E-state index in [9.17, 15) is 4.79 Å². The largest absolute Gasteiger partial charge is 0.409 e. The van der Waals surface area contributed by atoms with E-state index in [-0.39, 0.29) is 29.6 Å². The van der Waals surface area contributed by atoms with Gasteiger partial charge in [0.25, 0.3) is 0 Å². The fraction of sp³-hybridized carbons (Fsp3) is 0.818. The van der Waals surface area contributed by atoms with Crippen molar-refractivity contribution in [2.75, 3.05) is 13.2 Å². The van der Waals surface area contributed by atoms with Gasteiger partial charge in [0, 0.05) is 31.6 Å². The quantitative estimate of drug-likeness (QED) is 0.286. The number of carbonyl (C=O) groups is 1. The summed E-state index contributed by atoms with van der Waals surface area (Å²) in [7, 11) is 0. The highest BCUT2D eigenvalue weighted by molar-refractivity contribution is 5.82. The second-order valence-corrected chi connectivity index (χ2v) is 4.65. The number of nitrogens with two attached hydrogens (primary N) is 1. The maximum absolute atomic E-state index is 12.0. The Balaban J connectivity index is 2.42. The van der Waals surface area contributed by atoms with Crippen LogP contribution in [0.25, 0.3) is 0 Å². The molecule has 98 valence electrons. The lowest BCUT2D eigenvalue weighted by molar-refractivity contribution is -0.131. The van der Waals surface area contributed by atoms with Crippen LogP contribution in [0, 0.1) is 11.8 Å². The van der Waals surface area contributed by atoms with Crippen molar-refractivity contribution in [1.29, 1.82) is 0 Å². The first-order chi connectivity index (χ1) is 8.04. The summed E-state index contributed by atoms with van der Waals surface area (Å²) in [5, 5.41) is 14.2. The van der Waals surface area contributed by atoms with Crippen LogP contribution in [0.2, 0.25) is 0 Å². The van der Waals surface area contributed by atoms with Crippen molar-refractivity contribution in [2.45, 2.75) is 32.7 Å². The van der Waals surface area contributed by atoms with Gasteiger partial charge in [-0.2, -0.15) is 0 Å². The molecule has 3 unspecified atom stereocenters. The van der Waals surface area contributed by atoms with E-state index in [1.165, 1.54) is 0 Å². The molecule has 0 saturated carbocycles. The topological polar surface area (TPSA) is 96.9 Å². The molecule has 1 aliphatic heterocycles. The number of oxime groups is 1. The van der Waals surface area contributed by atoms with E-state index >= 15 is 0 Å². The van der Waals surface area contributed by atoms with Crippen LogP contribution in [0.3, 0.4) is 0 Å². The Morgan fingerprint density at radius 2 is 2.41 bits per heavy atom. The van der Waals surface area contributed by atoms with Crippen LogP contribution in [-0.4, -0.2) is 36.2 Å². The molecular formula is C11H21N3O3. The van der Waals surface area contributed by atoms with Gasteiger partial charge < -0.3 is 21.0 Å². The van der Waals surface area contributed by atoms with E-state index in [1.807, 2.05) is 13.8 Å². The third kappa shape index (κ3) is 4.22. The Kier molecular flexibility index (Phi) is 5.21. The summed E-state index contributed by atoms with van der Waals surface area (Å²) in [5.74, 6) is 0.384. The Morgan fingerprint density at radius 1 is 1.71 bits per heavy atom. The number of hydrogen-bond acceptors (Lipinski definition) is 4. The smallest absolute Gasteiger partial charge is 0.223 e. The molecule has 0 aromatic heterocycles. The van der Waals surface area contributed by atoms with Crippen molar-refractivity contribution in [3.8, 4) is 0 Å². The van der Waals surface area contributed by atoms with Crippen LogP contribution < -0.4 is 11.1 Å². The van der Waals surface area contributed by atoms with Crippen molar-refractivity contribution in [3.63, 3.8) is 0 Å². The molecule has 1 amide bonds. The summed E-state index contributed by atoms with van der Waals surface area (Å²) >= 11 is 0. The summed E-state index contributed by atoms with van der Waals surface area (Å²) in [5.41, 5.74) is 5.38. The Hall–Kier alpha value is -1.30. The zero-order valence-electron chi connectivity index (χ0n) is 10.3. The molecule has 0 aromatic rings. The van der Waals surface area contributed by atoms with Crippen molar-refractivity contribution in [1.82, 2.24) is 5.32 Å². The summed E-state index contributed by atoms with van der Waals surface area (Å²) < 4.78 is 5.30. The molecule has 4 N–H and O–H groups in total. The molecule has 0 spiro atoms.